The van der Waals surface area contributed by atoms with E-state index in [-0.39, 0.29) is 32.6 Å². The predicted molar refractivity (Wildman–Crippen MR) is 220 cm³/mol. The summed E-state index contributed by atoms with van der Waals surface area (Å²) in [6.07, 6.45) is 44.3. The van der Waals surface area contributed by atoms with Crippen molar-refractivity contribution in [2.75, 3.05) is 26.4 Å². The minimum Gasteiger partial charge on any atom is -0.462 e. The molecule has 53 heavy (non-hydrogen) atoms. The van der Waals surface area contributed by atoms with Gasteiger partial charge in [-0.3, -0.25) is 18.6 Å². The molecule has 0 bridgehead atoms. The summed E-state index contributed by atoms with van der Waals surface area (Å²) in [7, 11) is -4.39. The highest BCUT2D eigenvalue weighted by Gasteiger charge is 2.25. The fraction of sp³-hybridized carbons (Fsp3) is 0.767. The average Bonchev–Trinajstić information content (AvgIpc) is 3.14. The van der Waals surface area contributed by atoms with Crippen LogP contribution in [0.4, 0.5) is 0 Å². The first kappa shape index (κ1) is 51.0. The van der Waals surface area contributed by atoms with Gasteiger partial charge in [-0.2, -0.15) is 0 Å². The summed E-state index contributed by atoms with van der Waals surface area (Å²) in [5.74, 6) is -0.875. The van der Waals surface area contributed by atoms with Gasteiger partial charge in [-0.25, -0.2) is 4.57 Å². The highest BCUT2D eigenvalue weighted by molar-refractivity contribution is 7.47. The normalized spacial score (nSPS) is 13.8. The van der Waals surface area contributed by atoms with Crippen molar-refractivity contribution in [3.8, 4) is 0 Å². The molecule has 0 aliphatic heterocycles. The maximum atomic E-state index is 12.5. The van der Waals surface area contributed by atoms with Gasteiger partial charge in [-0.05, 0) is 51.4 Å². The molecule has 0 rings (SSSR count). The van der Waals surface area contributed by atoms with Crippen molar-refractivity contribution >= 4 is 19.8 Å². The topological polar surface area (TPSA) is 134 Å². The van der Waals surface area contributed by atoms with Crippen LogP contribution in [0.25, 0.3) is 0 Å². The Kier molecular flexibility index (Phi) is 38.1. The third-order valence-corrected chi connectivity index (χ3v) is 9.71. The van der Waals surface area contributed by atoms with Crippen LogP contribution in [0.5, 0.6) is 0 Å². The van der Waals surface area contributed by atoms with Crippen LogP contribution in [0.3, 0.4) is 0 Å². The van der Waals surface area contributed by atoms with E-state index in [4.69, 9.17) is 24.3 Å². The van der Waals surface area contributed by atoms with Gasteiger partial charge in [0.2, 0.25) is 0 Å². The van der Waals surface area contributed by atoms with E-state index in [1.54, 1.807) is 0 Å². The third-order valence-electron chi connectivity index (χ3n) is 8.73. The van der Waals surface area contributed by atoms with E-state index < -0.39 is 32.5 Å². The van der Waals surface area contributed by atoms with Gasteiger partial charge in [0, 0.05) is 19.4 Å². The molecule has 0 amide bonds. The number of ether oxygens (including phenoxy) is 2. The minimum atomic E-state index is -4.39. The van der Waals surface area contributed by atoms with Crippen LogP contribution in [-0.2, 0) is 32.7 Å². The second kappa shape index (κ2) is 39.7. The lowest BCUT2D eigenvalue weighted by atomic mass is 10.0. The molecule has 10 heteroatoms. The number of hydrogen-bond donors (Lipinski definition) is 2. The van der Waals surface area contributed by atoms with Crippen LogP contribution in [0.2, 0.25) is 0 Å². The number of nitrogens with two attached hydrogens (primary N) is 1. The Hall–Kier alpha value is -2.03. The lowest BCUT2D eigenvalue weighted by molar-refractivity contribution is -0.161. The average molecular weight is 768 g/mol. The highest BCUT2D eigenvalue weighted by Crippen LogP contribution is 2.43. The summed E-state index contributed by atoms with van der Waals surface area (Å²) in [6.45, 7) is 3.57. The van der Waals surface area contributed by atoms with Crippen LogP contribution >= 0.6 is 7.82 Å². The van der Waals surface area contributed by atoms with E-state index in [9.17, 15) is 19.0 Å². The molecule has 1 unspecified atom stereocenters. The third kappa shape index (κ3) is 39.5. The van der Waals surface area contributed by atoms with Crippen LogP contribution in [0.15, 0.2) is 48.6 Å². The molecule has 0 aromatic rings. The van der Waals surface area contributed by atoms with Gasteiger partial charge in [-0.15, -0.1) is 0 Å². The number of phosphoric ester groups is 1. The standard InChI is InChI=1S/C43H78NO8P/c1-3-5-7-9-11-13-15-17-19-20-22-23-25-27-29-31-33-35-42(45)49-39-41(40-51-53(47,48)50-38-37-44)52-43(46)36-34-32-30-28-26-24-21-18-16-14-12-10-8-6-4-2/h6,8,12,14,18,21,26,28,41H,3-5,7,9-11,13,15-17,19-20,22-25,27,29-40,44H2,1-2H3,(H,47,48)/b8-6+,14-12+,21-18+,28-26+/t41-/m1/s1. The quantitative estimate of drug-likeness (QED) is 0.0271. The molecule has 0 aliphatic carbocycles. The molecule has 308 valence electrons. The summed E-state index contributed by atoms with van der Waals surface area (Å²) < 4.78 is 32.7. The molecule has 0 heterocycles. The van der Waals surface area contributed by atoms with Gasteiger partial charge in [0.1, 0.15) is 6.61 Å². The van der Waals surface area contributed by atoms with Crippen molar-refractivity contribution in [1.82, 2.24) is 0 Å². The SMILES string of the molecule is CC/C=C/C/C=C/C/C=C/C/C=C/CCCCC(=O)O[C@H](COC(=O)CCCCCCCCCCCCCCCCCCC)COP(=O)(O)OCCN. The van der Waals surface area contributed by atoms with Crippen molar-refractivity contribution < 1.29 is 37.6 Å². The lowest BCUT2D eigenvalue weighted by Gasteiger charge is -2.19. The Labute approximate surface area is 324 Å². The highest BCUT2D eigenvalue weighted by atomic mass is 31.2. The molecular formula is C43H78NO8P. The Balaban J connectivity index is 4.21. The molecule has 0 aromatic carbocycles. The number of phosphoric acid groups is 1. The molecule has 2 atom stereocenters. The van der Waals surface area contributed by atoms with E-state index >= 15 is 0 Å². The first-order chi connectivity index (χ1) is 25.8. The monoisotopic (exact) mass is 768 g/mol. The van der Waals surface area contributed by atoms with E-state index in [0.717, 1.165) is 57.8 Å². The zero-order valence-electron chi connectivity index (χ0n) is 33.7. The summed E-state index contributed by atoms with van der Waals surface area (Å²) in [4.78, 5) is 34.8. The van der Waals surface area contributed by atoms with Crippen LogP contribution in [0, 0.1) is 0 Å². The smallest absolute Gasteiger partial charge is 0.462 e. The number of carbonyl (C=O) groups excluding carboxylic acids is 2. The van der Waals surface area contributed by atoms with Gasteiger partial charge in [0.05, 0.1) is 13.2 Å². The molecule has 0 radical (unpaired) electrons. The number of allylic oxidation sites excluding steroid dienone is 8. The number of rotatable bonds is 39. The van der Waals surface area contributed by atoms with Gasteiger partial charge in [0.15, 0.2) is 6.10 Å². The van der Waals surface area contributed by atoms with E-state index in [2.05, 4.69) is 62.5 Å². The minimum absolute atomic E-state index is 0.0459. The number of hydrogen-bond acceptors (Lipinski definition) is 8. The summed E-state index contributed by atoms with van der Waals surface area (Å²) >= 11 is 0. The van der Waals surface area contributed by atoms with Crippen LogP contribution < -0.4 is 5.73 Å². The van der Waals surface area contributed by atoms with Gasteiger partial charge >= 0.3 is 19.8 Å². The predicted octanol–water partition coefficient (Wildman–Crippen LogP) is 11.9. The maximum absolute atomic E-state index is 12.5. The number of esters is 2. The van der Waals surface area contributed by atoms with Crippen molar-refractivity contribution in [2.45, 2.75) is 187 Å². The molecule has 0 spiro atoms. The van der Waals surface area contributed by atoms with Crippen molar-refractivity contribution in [2.24, 2.45) is 5.73 Å². The van der Waals surface area contributed by atoms with Gasteiger partial charge in [-0.1, -0.05) is 165 Å². The molecule has 0 saturated heterocycles. The number of carbonyl (C=O) groups is 2. The van der Waals surface area contributed by atoms with Crippen molar-refractivity contribution in [1.29, 1.82) is 0 Å². The fourth-order valence-corrected chi connectivity index (χ4v) is 6.39. The first-order valence-corrected chi connectivity index (χ1v) is 22.6. The second-order valence-electron chi connectivity index (χ2n) is 13.8. The molecule has 0 aliphatic rings. The van der Waals surface area contributed by atoms with Gasteiger partial charge in [0.25, 0.3) is 0 Å². The summed E-state index contributed by atoms with van der Waals surface area (Å²) in [6, 6.07) is 0. The molecule has 0 saturated carbocycles. The molecule has 0 fully saturated rings. The van der Waals surface area contributed by atoms with E-state index in [1.807, 2.05) is 0 Å². The second-order valence-corrected chi connectivity index (χ2v) is 15.3. The Morgan fingerprint density at radius 3 is 1.55 bits per heavy atom. The summed E-state index contributed by atoms with van der Waals surface area (Å²) in [5, 5.41) is 0. The van der Waals surface area contributed by atoms with Crippen LogP contribution in [-0.4, -0.2) is 49.3 Å². The lowest BCUT2D eigenvalue weighted by Crippen LogP contribution is -2.29. The summed E-state index contributed by atoms with van der Waals surface area (Å²) in [5.41, 5.74) is 5.34. The first-order valence-electron chi connectivity index (χ1n) is 21.1. The molecule has 3 N–H and O–H groups in total. The van der Waals surface area contributed by atoms with E-state index in [0.29, 0.717) is 6.42 Å². The Bertz CT molecular complexity index is 1010. The van der Waals surface area contributed by atoms with Crippen molar-refractivity contribution in [3.63, 3.8) is 0 Å². The fourth-order valence-electron chi connectivity index (χ4n) is 5.62. The van der Waals surface area contributed by atoms with Gasteiger partial charge < -0.3 is 20.1 Å². The maximum Gasteiger partial charge on any atom is 0.472 e. The van der Waals surface area contributed by atoms with E-state index in [1.165, 1.54) is 89.9 Å². The Morgan fingerprint density at radius 2 is 1.04 bits per heavy atom. The molecule has 9 nitrogen and oxygen atoms in total. The molecular weight excluding hydrogens is 689 g/mol. The Morgan fingerprint density at radius 1 is 0.585 bits per heavy atom. The zero-order valence-corrected chi connectivity index (χ0v) is 34.6. The van der Waals surface area contributed by atoms with Crippen LogP contribution in [0.1, 0.15) is 181 Å². The largest absolute Gasteiger partial charge is 0.472 e. The van der Waals surface area contributed by atoms with Crippen molar-refractivity contribution in [3.05, 3.63) is 48.6 Å². The molecule has 0 aromatic heterocycles. The zero-order chi connectivity index (χ0) is 38.9. The number of unbranched alkanes of at least 4 members (excludes halogenated alkanes) is 18.